The number of carbonyl (C=O) groups excluding carboxylic acids is 1. The second kappa shape index (κ2) is 11.6. The maximum atomic E-state index is 13.1. The molecule has 6 heteroatoms. The Bertz CT molecular complexity index is 1100. The van der Waals surface area contributed by atoms with Crippen molar-refractivity contribution < 1.29 is 9.90 Å². The third kappa shape index (κ3) is 6.32. The SMILES string of the molecule is CCN(Cc1ccnc(C(C)C)n1)C(=O)c1ccc(C[C@@H]2CC[C@H]([C@H](O)c3ccccc3)N2)cc1. The molecule has 4 rings (SSSR count). The summed E-state index contributed by atoms with van der Waals surface area (Å²) in [4.78, 5) is 23.9. The Morgan fingerprint density at radius 2 is 1.83 bits per heavy atom. The van der Waals surface area contributed by atoms with Crippen LogP contribution in [0.1, 0.15) is 78.6 Å². The molecular weight excluding hydrogens is 436 g/mol. The molecule has 1 aromatic heterocycles. The van der Waals surface area contributed by atoms with Crippen LogP contribution in [0.25, 0.3) is 0 Å². The van der Waals surface area contributed by atoms with Crippen molar-refractivity contribution in [1.82, 2.24) is 20.2 Å². The molecule has 1 fully saturated rings. The van der Waals surface area contributed by atoms with Gasteiger partial charge in [-0.1, -0.05) is 56.3 Å². The van der Waals surface area contributed by atoms with Crippen molar-refractivity contribution in [1.29, 1.82) is 0 Å². The first-order valence-corrected chi connectivity index (χ1v) is 12.6. The van der Waals surface area contributed by atoms with Crippen molar-refractivity contribution in [2.24, 2.45) is 0 Å². The lowest BCUT2D eigenvalue weighted by Gasteiger charge is -2.21. The minimum absolute atomic E-state index is 0.00815. The largest absolute Gasteiger partial charge is 0.387 e. The lowest BCUT2D eigenvalue weighted by molar-refractivity contribution is 0.0750. The number of nitrogens with one attached hydrogen (secondary N) is 1. The summed E-state index contributed by atoms with van der Waals surface area (Å²) < 4.78 is 0. The summed E-state index contributed by atoms with van der Waals surface area (Å²) >= 11 is 0. The number of amides is 1. The van der Waals surface area contributed by atoms with Gasteiger partial charge >= 0.3 is 0 Å². The van der Waals surface area contributed by atoms with Crippen LogP contribution in [0.4, 0.5) is 0 Å². The molecule has 2 heterocycles. The van der Waals surface area contributed by atoms with Crippen molar-refractivity contribution in [2.45, 2.75) is 70.7 Å². The number of aliphatic hydroxyl groups excluding tert-OH is 1. The Balaban J connectivity index is 1.34. The van der Waals surface area contributed by atoms with Crippen molar-refractivity contribution >= 4 is 5.91 Å². The zero-order chi connectivity index (χ0) is 24.8. The molecule has 1 amide bonds. The van der Waals surface area contributed by atoms with Gasteiger partial charge in [0.2, 0.25) is 0 Å². The first kappa shape index (κ1) is 25.0. The molecule has 0 spiro atoms. The molecule has 1 saturated heterocycles. The van der Waals surface area contributed by atoms with E-state index < -0.39 is 6.10 Å². The zero-order valence-electron chi connectivity index (χ0n) is 20.9. The third-order valence-electron chi connectivity index (χ3n) is 6.75. The Hall–Kier alpha value is -3.09. The van der Waals surface area contributed by atoms with E-state index in [0.717, 1.165) is 36.3 Å². The lowest BCUT2D eigenvalue weighted by Crippen LogP contribution is -2.35. The van der Waals surface area contributed by atoms with E-state index in [0.29, 0.717) is 24.7 Å². The Kier molecular flexibility index (Phi) is 8.26. The fraction of sp³-hybridized carbons (Fsp3) is 0.414. The van der Waals surface area contributed by atoms with E-state index in [-0.39, 0.29) is 17.9 Å². The molecule has 6 nitrogen and oxygen atoms in total. The summed E-state index contributed by atoms with van der Waals surface area (Å²) in [6.07, 6.45) is 4.13. The number of hydrogen-bond donors (Lipinski definition) is 2. The van der Waals surface area contributed by atoms with Crippen molar-refractivity contribution in [3.05, 3.63) is 95.1 Å². The summed E-state index contributed by atoms with van der Waals surface area (Å²) in [6.45, 7) is 7.20. The topological polar surface area (TPSA) is 78.4 Å². The van der Waals surface area contributed by atoms with Crippen LogP contribution in [0.2, 0.25) is 0 Å². The van der Waals surface area contributed by atoms with Crippen molar-refractivity contribution in [3.63, 3.8) is 0 Å². The van der Waals surface area contributed by atoms with Crippen LogP contribution in [0, 0.1) is 0 Å². The Morgan fingerprint density at radius 3 is 2.51 bits per heavy atom. The molecule has 1 aliphatic rings. The van der Waals surface area contributed by atoms with E-state index in [1.165, 1.54) is 5.56 Å². The van der Waals surface area contributed by atoms with Crippen LogP contribution >= 0.6 is 0 Å². The molecule has 0 bridgehead atoms. The van der Waals surface area contributed by atoms with Gasteiger partial charge in [-0.25, -0.2) is 9.97 Å². The summed E-state index contributed by atoms with van der Waals surface area (Å²) in [5.41, 5.74) is 3.69. The molecule has 0 saturated carbocycles. The predicted molar refractivity (Wildman–Crippen MR) is 138 cm³/mol. The second-order valence-corrected chi connectivity index (χ2v) is 9.68. The molecule has 184 valence electrons. The number of hydrogen-bond acceptors (Lipinski definition) is 5. The summed E-state index contributed by atoms with van der Waals surface area (Å²) in [5.74, 6) is 1.06. The van der Waals surface area contributed by atoms with Gasteiger partial charge < -0.3 is 15.3 Å². The van der Waals surface area contributed by atoms with Gasteiger partial charge in [-0.2, -0.15) is 0 Å². The molecule has 2 N–H and O–H groups in total. The fourth-order valence-corrected chi connectivity index (χ4v) is 4.70. The normalized spacial score (nSPS) is 18.5. The zero-order valence-corrected chi connectivity index (χ0v) is 20.9. The average molecular weight is 473 g/mol. The molecule has 3 atom stereocenters. The first-order chi connectivity index (χ1) is 16.9. The smallest absolute Gasteiger partial charge is 0.254 e. The van der Waals surface area contributed by atoms with Gasteiger partial charge in [-0.3, -0.25) is 4.79 Å². The third-order valence-corrected chi connectivity index (χ3v) is 6.75. The molecule has 2 aromatic carbocycles. The Morgan fingerprint density at radius 1 is 1.09 bits per heavy atom. The molecular formula is C29H36N4O2. The van der Waals surface area contributed by atoms with Gasteiger partial charge in [-0.15, -0.1) is 0 Å². The highest BCUT2D eigenvalue weighted by molar-refractivity contribution is 5.94. The van der Waals surface area contributed by atoms with Gasteiger partial charge in [0.05, 0.1) is 18.3 Å². The predicted octanol–water partition coefficient (Wildman–Crippen LogP) is 4.66. The molecule has 0 radical (unpaired) electrons. The van der Waals surface area contributed by atoms with Gasteiger partial charge in [0, 0.05) is 36.3 Å². The van der Waals surface area contributed by atoms with E-state index in [4.69, 9.17) is 0 Å². The number of aliphatic hydroxyl groups is 1. The summed E-state index contributed by atoms with van der Waals surface area (Å²) in [7, 11) is 0. The van der Waals surface area contributed by atoms with Gasteiger partial charge in [0.1, 0.15) is 5.82 Å². The van der Waals surface area contributed by atoms with Crippen LogP contribution in [0.5, 0.6) is 0 Å². The quantitative estimate of drug-likeness (QED) is 0.474. The van der Waals surface area contributed by atoms with Crippen LogP contribution in [0.15, 0.2) is 66.9 Å². The second-order valence-electron chi connectivity index (χ2n) is 9.68. The monoisotopic (exact) mass is 472 g/mol. The molecule has 0 aliphatic carbocycles. The number of carbonyl (C=O) groups is 1. The minimum Gasteiger partial charge on any atom is -0.387 e. The molecule has 35 heavy (non-hydrogen) atoms. The van der Waals surface area contributed by atoms with E-state index in [1.54, 1.807) is 6.20 Å². The molecule has 0 unspecified atom stereocenters. The number of rotatable bonds is 9. The highest BCUT2D eigenvalue weighted by atomic mass is 16.3. The van der Waals surface area contributed by atoms with Crippen LogP contribution in [-0.2, 0) is 13.0 Å². The maximum Gasteiger partial charge on any atom is 0.254 e. The number of benzene rings is 2. The fourth-order valence-electron chi connectivity index (χ4n) is 4.70. The Labute approximate surface area is 208 Å². The summed E-state index contributed by atoms with van der Waals surface area (Å²) in [5, 5.41) is 14.3. The van der Waals surface area contributed by atoms with Crippen molar-refractivity contribution in [2.75, 3.05) is 6.54 Å². The average Bonchev–Trinajstić information content (AvgIpc) is 3.36. The van der Waals surface area contributed by atoms with Gasteiger partial charge in [0.25, 0.3) is 5.91 Å². The maximum absolute atomic E-state index is 13.1. The number of aromatic nitrogens is 2. The highest BCUT2D eigenvalue weighted by Gasteiger charge is 2.30. The van der Waals surface area contributed by atoms with Crippen LogP contribution in [-0.4, -0.2) is 44.5 Å². The van der Waals surface area contributed by atoms with Crippen molar-refractivity contribution in [3.8, 4) is 0 Å². The standard InChI is InChI=1S/C29H36N4O2/c1-4-33(19-25-16-17-30-28(32-25)20(2)3)29(35)23-12-10-21(11-13-23)18-24-14-15-26(31-24)27(34)22-8-6-5-7-9-22/h5-13,16-17,20,24,26-27,31,34H,4,14-15,18-19H2,1-3H3/t24-,26+,27+/m0/s1. The van der Waals surface area contributed by atoms with E-state index >= 15 is 0 Å². The van der Waals surface area contributed by atoms with E-state index in [2.05, 4.69) is 29.1 Å². The highest BCUT2D eigenvalue weighted by Crippen LogP contribution is 2.26. The van der Waals surface area contributed by atoms with Crippen LogP contribution in [0.3, 0.4) is 0 Å². The molecule has 1 aliphatic heterocycles. The van der Waals surface area contributed by atoms with E-state index in [9.17, 15) is 9.90 Å². The first-order valence-electron chi connectivity index (χ1n) is 12.6. The van der Waals surface area contributed by atoms with Crippen LogP contribution < -0.4 is 5.32 Å². The number of nitrogens with zero attached hydrogens (tertiary/aromatic N) is 3. The lowest BCUT2D eigenvalue weighted by atomic mass is 10.0. The van der Waals surface area contributed by atoms with Gasteiger partial charge in [0.15, 0.2) is 0 Å². The van der Waals surface area contributed by atoms with Gasteiger partial charge in [-0.05, 0) is 55.5 Å². The summed E-state index contributed by atoms with van der Waals surface area (Å²) in [6, 6.07) is 20.0. The molecule has 3 aromatic rings. The van der Waals surface area contributed by atoms with E-state index in [1.807, 2.05) is 72.5 Å². The minimum atomic E-state index is -0.493.